The van der Waals surface area contributed by atoms with Gasteiger partial charge in [0.25, 0.3) is 5.91 Å². The summed E-state index contributed by atoms with van der Waals surface area (Å²) >= 11 is 5.39. The number of carbonyl (C=O) groups is 1. The molecule has 1 N–H and O–H groups in total. The molecule has 22 heavy (non-hydrogen) atoms. The minimum atomic E-state index is -0.375. The van der Waals surface area contributed by atoms with E-state index in [1.54, 1.807) is 37.4 Å². The summed E-state index contributed by atoms with van der Waals surface area (Å²) in [7, 11) is 1.58. The summed E-state index contributed by atoms with van der Waals surface area (Å²) in [5.74, 6) is 1.42. The lowest BCUT2D eigenvalue weighted by atomic mass is 10.3. The van der Waals surface area contributed by atoms with E-state index in [4.69, 9.17) is 13.9 Å². The molecule has 1 aromatic carbocycles. The van der Waals surface area contributed by atoms with Crippen molar-refractivity contribution in [3.05, 3.63) is 44.3 Å². The highest BCUT2D eigenvalue weighted by atomic mass is 127. The van der Waals surface area contributed by atoms with Gasteiger partial charge in [-0.15, -0.1) is 0 Å². The van der Waals surface area contributed by atoms with Crippen LogP contribution in [-0.4, -0.2) is 25.8 Å². The Labute approximate surface area is 149 Å². The zero-order valence-corrected chi connectivity index (χ0v) is 15.3. The van der Waals surface area contributed by atoms with E-state index >= 15 is 0 Å². The van der Waals surface area contributed by atoms with Gasteiger partial charge in [0.05, 0.1) is 17.8 Å². The second-order valence-corrected chi connectivity index (χ2v) is 5.94. The van der Waals surface area contributed by atoms with E-state index < -0.39 is 0 Å². The van der Waals surface area contributed by atoms with Gasteiger partial charge < -0.3 is 13.9 Å². The Morgan fingerprint density at radius 3 is 2.91 bits per heavy atom. The van der Waals surface area contributed by atoms with Gasteiger partial charge in [-0.2, -0.15) is 5.10 Å². The molecule has 0 aliphatic carbocycles. The van der Waals surface area contributed by atoms with Gasteiger partial charge in [0.2, 0.25) is 0 Å². The molecular formula is C14H12BrIN2O4. The topological polar surface area (TPSA) is 73.1 Å². The zero-order valence-electron chi connectivity index (χ0n) is 11.5. The van der Waals surface area contributed by atoms with E-state index in [0.717, 1.165) is 3.77 Å². The molecule has 0 saturated heterocycles. The van der Waals surface area contributed by atoms with Gasteiger partial charge in [-0.3, -0.25) is 4.79 Å². The van der Waals surface area contributed by atoms with Crippen molar-refractivity contribution < 1.29 is 18.7 Å². The number of nitrogens with one attached hydrogen (secondary N) is 1. The highest BCUT2D eigenvalue weighted by Gasteiger charge is 2.06. The van der Waals surface area contributed by atoms with Gasteiger partial charge in [0.15, 0.2) is 10.4 Å². The standard InChI is InChI=1S/C14H12BrIN2O4/c1-20-9-2-4-12(11(15)6-9)21-8-14(19)18-17-7-10-3-5-13(16)22-10/h2-7H,8H2,1H3,(H,18,19). The predicted molar refractivity (Wildman–Crippen MR) is 93.4 cm³/mol. The van der Waals surface area contributed by atoms with Crippen LogP contribution in [0.1, 0.15) is 5.76 Å². The maximum Gasteiger partial charge on any atom is 0.277 e. The number of ether oxygens (including phenoxy) is 2. The summed E-state index contributed by atoms with van der Waals surface area (Å²) in [4.78, 5) is 11.6. The van der Waals surface area contributed by atoms with E-state index in [9.17, 15) is 4.79 Å². The summed E-state index contributed by atoms with van der Waals surface area (Å²) in [5.41, 5.74) is 2.36. The van der Waals surface area contributed by atoms with Gasteiger partial charge >= 0.3 is 0 Å². The van der Waals surface area contributed by atoms with Crippen molar-refractivity contribution in [2.75, 3.05) is 13.7 Å². The minimum absolute atomic E-state index is 0.155. The Bertz CT molecular complexity index is 687. The fourth-order valence-corrected chi connectivity index (χ4v) is 2.37. The predicted octanol–water partition coefficient (Wildman–Crippen LogP) is 3.18. The second-order valence-electron chi connectivity index (χ2n) is 4.02. The van der Waals surface area contributed by atoms with Crippen LogP contribution in [0.4, 0.5) is 0 Å². The number of furan rings is 1. The van der Waals surface area contributed by atoms with Crippen molar-refractivity contribution in [3.63, 3.8) is 0 Å². The van der Waals surface area contributed by atoms with Crippen LogP contribution in [-0.2, 0) is 4.79 Å². The maximum atomic E-state index is 11.6. The van der Waals surface area contributed by atoms with Crippen molar-refractivity contribution >= 4 is 50.6 Å². The summed E-state index contributed by atoms with van der Waals surface area (Å²) in [5, 5.41) is 3.78. The number of nitrogens with zero attached hydrogens (tertiary/aromatic N) is 1. The molecular weight excluding hydrogens is 467 g/mol. The average Bonchev–Trinajstić information content (AvgIpc) is 2.91. The Morgan fingerprint density at radius 2 is 2.27 bits per heavy atom. The van der Waals surface area contributed by atoms with E-state index in [1.807, 2.05) is 22.6 Å². The molecule has 116 valence electrons. The molecule has 0 radical (unpaired) electrons. The third kappa shape index (κ3) is 5.02. The molecule has 0 spiro atoms. The van der Waals surface area contributed by atoms with Gasteiger partial charge in [0, 0.05) is 0 Å². The zero-order chi connectivity index (χ0) is 15.9. The molecule has 0 atom stereocenters. The normalized spacial score (nSPS) is 10.7. The number of hydrogen-bond acceptors (Lipinski definition) is 5. The SMILES string of the molecule is COc1ccc(OCC(=O)NN=Cc2ccc(I)o2)c(Br)c1. The molecule has 1 heterocycles. The summed E-state index contributed by atoms with van der Waals surface area (Å²) in [6.07, 6.45) is 1.42. The molecule has 2 aromatic rings. The third-order valence-corrected chi connectivity index (χ3v) is 3.67. The van der Waals surface area contributed by atoms with Crippen LogP contribution in [0, 0.1) is 3.77 Å². The first-order chi connectivity index (χ1) is 10.6. The molecule has 0 bridgehead atoms. The van der Waals surface area contributed by atoms with E-state index in [1.165, 1.54) is 6.21 Å². The quantitative estimate of drug-likeness (QED) is 0.393. The van der Waals surface area contributed by atoms with Crippen LogP contribution >= 0.6 is 38.5 Å². The number of halogens is 2. The van der Waals surface area contributed by atoms with Crippen LogP contribution in [0.3, 0.4) is 0 Å². The monoisotopic (exact) mass is 478 g/mol. The lowest BCUT2D eigenvalue weighted by Gasteiger charge is -2.08. The molecule has 1 amide bonds. The maximum absolute atomic E-state index is 11.6. The largest absolute Gasteiger partial charge is 0.497 e. The molecule has 1 aromatic heterocycles. The lowest BCUT2D eigenvalue weighted by molar-refractivity contribution is -0.123. The number of hydrogen-bond donors (Lipinski definition) is 1. The third-order valence-electron chi connectivity index (χ3n) is 2.47. The summed E-state index contributed by atoms with van der Waals surface area (Å²) in [6.45, 7) is -0.155. The van der Waals surface area contributed by atoms with Gasteiger partial charge in [-0.1, -0.05) is 0 Å². The first-order valence-corrected chi connectivity index (χ1v) is 7.99. The molecule has 2 rings (SSSR count). The average molecular weight is 479 g/mol. The number of benzene rings is 1. The Morgan fingerprint density at radius 1 is 1.45 bits per heavy atom. The van der Waals surface area contributed by atoms with Gasteiger partial charge in [-0.25, -0.2) is 5.43 Å². The highest BCUT2D eigenvalue weighted by molar-refractivity contribution is 14.1. The van der Waals surface area contributed by atoms with E-state index in [2.05, 4.69) is 26.5 Å². The summed E-state index contributed by atoms with van der Waals surface area (Å²) in [6, 6.07) is 8.76. The molecule has 8 heteroatoms. The first-order valence-electron chi connectivity index (χ1n) is 6.12. The van der Waals surface area contributed by atoms with Crippen LogP contribution in [0.25, 0.3) is 0 Å². The van der Waals surface area contributed by atoms with Gasteiger partial charge in [0.1, 0.15) is 17.3 Å². The number of carbonyl (C=O) groups excluding carboxylic acids is 1. The van der Waals surface area contributed by atoms with Crippen molar-refractivity contribution in [1.82, 2.24) is 5.43 Å². The smallest absolute Gasteiger partial charge is 0.277 e. The Hall–Kier alpha value is -1.55. The second kappa shape index (κ2) is 8.18. The molecule has 0 fully saturated rings. The van der Waals surface area contributed by atoms with Crippen LogP contribution in [0.15, 0.2) is 44.3 Å². The fourth-order valence-electron chi connectivity index (χ4n) is 1.47. The number of hydrazone groups is 1. The minimum Gasteiger partial charge on any atom is -0.497 e. The van der Waals surface area contributed by atoms with Gasteiger partial charge in [-0.05, 0) is 68.9 Å². The Balaban J connectivity index is 1.81. The van der Waals surface area contributed by atoms with Crippen molar-refractivity contribution in [3.8, 4) is 11.5 Å². The fraction of sp³-hybridized carbons (Fsp3) is 0.143. The number of amides is 1. The van der Waals surface area contributed by atoms with Crippen LogP contribution < -0.4 is 14.9 Å². The molecule has 0 unspecified atom stereocenters. The van der Waals surface area contributed by atoms with Crippen molar-refractivity contribution in [2.45, 2.75) is 0 Å². The molecule has 0 aliphatic rings. The van der Waals surface area contributed by atoms with E-state index in [-0.39, 0.29) is 12.5 Å². The first kappa shape index (κ1) is 16.8. The number of rotatable bonds is 6. The summed E-state index contributed by atoms with van der Waals surface area (Å²) < 4.78 is 17.2. The number of methoxy groups -OCH3 is 1. The van der Waals surface area contributed by atoms with Crippen molar-refractivity contribution in [1.29, 1.82) is 0 Å². The molecule has 6 nitrogen and oxygen atoms in total. The van der Waals surface area contributed by atoms with Crippen LogP contribution in [0.2, 0.25) is 0 Å². The van der Waals surface area contributed by atoms with Crippen LogP contribution in [0.5, 0.6) is 11.5 Å². The molecule has 0 saturated carbocycles. The Kier molecular flexibility index (Phi) is 6.25. The lowest BCUT2D eigenvalue weighted by Crippen LogP contribution is -2.24. The van der Waals surface area contributed by atoms with E-state index in [0.29, 0.717) is 21.7 Å². The van der Waals surface area contributed by atoms with Crippen molar-refractivity contribution in [2.24, 2.45) is 5.10 Å². The highest BCUT2D eigenvalue weighted by Crippen LogP contribution is 2.28. The molecule has 0 aliphatic heterocycles.